The monoisotopic (exact) mass is 431 g/mol. The Morgan fingerprint density at radius 3 is 2.47 bits per heavy atom. The number of aromatic nitrogens is 2. The molecule has 0 atom stereocenters. The smallest absolute Gasteiger partial charge is 0.272 e. The Balaban J connectivity index is 1.57. The highest BCUT2D eigenvalue weighted by Gasteiger charge is 2.21. The van der Waals surface area contributed by atoms with Crippen molar-refractivity contribution in [1.82, 2.24) is 14.7 Å². The normalized spacial score (nSPS) is 10.7. The maximum atomic E-state index is 13.4. The third kappa shape index (κ3) is 4.37. The van der Waals surface area contributed by atoms with Gasteiger partial charge in [0, 0.05) is 19.7 Å². The maximum Gasteiger partial charge on any atom is 0.272 e. The van der Waals surface area contributed by atoms with E-state index in [1.165, 1.54) is 0 Å². The average Bonchev–Trinajstić information content (AvgIpc) is 3.52. The number of methoxy groups -OCH3 is 2. The zero-order chi connectivity index (χ0) is 22.5. The number of hydrogen-bond donors (Lipinski definition) is 0. The first-order valence-corrected chi connectivity index (χ1v) is 10.3. The zero-order valence-corrected chi connectivity index (χ0v) is 18.3. The molecule has 0 aliphatic carbocycles. The van der Waals surface area contributed by atoms with E-state index in [-0.39, 0.29) is 5.91 Å². The molecule has 4 rings (SSSR count). The van der Waals surface area contributed by atoms with E-state index in [2.05, 4.69) is 5.10 Å². The summed E-state index contributed by atoms with van der Waals surface area (Å²) in [4.78, 5) is 15.0. The van der Waals surface area contributed by atoms with E-state index in [0.29, 0.717) is 41.6 Å². The molecule has 0 bridgehead atoms. The van der Waals surface area contributed by atoms with Crippen molar-refractivity contribution in [3.05, 3.63) is 84.3 Å². The molecule has 2 aromatic heterocycles. The molecule has 7 nitrogen and oxygen atoms in total. The van der Waals surface area contributed by atoms with Crippen molar-refractivity contribution in [1.29, 1.82) is 0 Å². The third-order valence-corrected chi connectivity index (χ3v) is 5.23. The van der Waals surface area contributed by atoms with Gasteiger partial charge >= 0.3 is 0 Å². The summed E-state index contributed by atoms with van der Waals surface area (Å²) in [6, 6.07) is 20.8. The van der Waals surface area contributed by atoms with Crippen molar-refractivity contribution < 1.29 is 18.7 Å². The molecule has 0 aliphatic rings. The molecule has 4 aromatic rings. The first-order valence-electron chi connectivity index (χ1n) is 10.3. The highest BCUT2D eigenvalue weighted by atomic mass is 16.5. The molecule has 0 fully saturated rings. The molecule has 1 amide bonds. The van der Waals surface area contributed by atoms with Gasteiger partial charge in [0.2, 0.25) is 0 Å². The highest BCUT2D eigenvalue weighted by Crippen LogP contribution is 2.28. The molecule has 0 spiro atoms. The highest BCUT2D eigenvalue weighted by molar-refractivity contribution is 5.94. The van der Waals surface area contributed by atoms with Crippen molar-refractivity contribution in [3.8, 4) is 28.6 Å². The average molecular weight is 431 g/mol. The van der Waals surface area contributed by atoms with Crippen molar-refractivity contribution in [2.24, 2.45) is 0 Å². The second-order valence-electron chi connectivity index (χ2n) is 7.31. The second-order valence-corrected chi connectivity index (χ2v) is 7.31. The number of hydrogen-bond acceptors (Lipinski definition) is 5. The summed E-state index contributed by atoms with van der Waals surface area (Å²) < 4.78 is 17.8. The summed E-state index contributed by atoms with van der Waals surface area (Å²) >= 11 is 0. The number of para-hydroxylation sites is 1. The fourth-order valence-electron chi connectivity index (χ4n) is 3.47. The maximum absolute atomic E-state index is 13.4. The van der Waals surface area contributed by atoms with Gasteiger partial charge in [-0.15, -0.1) is 0 Å². The van der Waals surface area contributed by atoms with Crippen LogP contribution in [-0.2, 0) is 6.42 Å². The first kappa shape index (κ1) is 21.2. The Kier molecular flexibility index (Phi) is 6.26. The molecule has 0 unspecified atom stereocenters. The minimum absolute atomic E-state index is 0.125. The van der Waals surface area contributed by atoms with E-state index in [1.54, 1.807) is 49.2 Å². The lowest BCUT2D eigenvalue weighted by Gasteiger charge is -2.18. The van der Waals surface area contributed by atoms with Crippen LogP contribution in [-0.4, -0.2) is 48.4 Å². The van der Waals surface area contributed by atoms with Crippen molar-refractivity contribution in [2.75, 3.05) is 27.8 Å². The van der Waals surface area contributed by atoms with Crippen molar-refractivity contribution in [2.45, 2.75) is 6.42 Å². The van der Waals surface area contributed by atoms with E-state index in [4.69, 9.17) is 13.9 Å². The lowest BCUT2D eigenvalue weighted by molar-refractivity contribution is 0.0787. The van der Waals surface area contributed by atoms with E-state index in [9.17, 15) is 4.79 Å². The number of ether oxygens (including phenoxy) is 2. The summed E-state index contributed by atoms with van der Waals surface area (Å²) in [6.45, 7) is 0.532. The fourth-order valence-corrected chi connectivity index (χ4v) is 3.47. The predicted octanol–water partition coefficient (Wildman–Crippen LogP) is 4.46. The van der Waals surface area contributed by atoms with Gasteiger partial charge in [-0.25, -0.2) is 4.68 Å². The van der Waals surface area contributed by atoms with Gasteiger partial charge in [-0.05, 0) is 48.4 Å². The molecular weight excluding hydrogens is 406 g/mol. The molecule has 0 N–H and O–H groups in total. The van der Waals surface area contributed by atoms with E-state index < -0.39 is 0 Å². The third-order valence-electron chi connectivity index (χ3n) is 5.23. The molecule has 7 heteroatoms. The van der Waals surface area contributed by atoms with Crippen LogP contribution in [0.5, 0.6) is 11.5 Å². The molecular formula is C25H25N3O4. The fraction of sp³-hybridized carbons (Fsp3) is 0.200. The number of carbonyl (C=O) groups excluding carboxylic acids is 1. The Labute approximate surface area is 186 Å². The Hall–Kier alpha value is -4.00. The second kappa shape index (κ2) is 9.43. The SMILES string of the molecule is COc1ccc(CCN(C)C(=O)c2cc(-c3ccco3)nn2-c2ccccc2)cc1OC. The van der Waals surface area contributed by atoms with E-state index in [1.807, 2.05) is 54.6 Å². The Morgan fingerprint density at radius 2 is 1.78 bits per heavy atom. The number of likely N-dealkylation sites (N-methyl/N-ethyl adjacent to an activating group) is 1. The van der Waals surface area contributed by atoms with Gasteiger partial charge in [-0.2, -0.15) is 5.10 Å². The van der Waals surface area contributed by atoms with Crippen LogP contribution in [0.2, 0.25) is 0 Å². The molecule has 0 saturated carbocycles. The van der Waals surface area contributed by atoms with Gasteiger partial charge in [0.15, 0.2) is 17.3 Å². The van der Waals surface area contributed by atoms with E-state index >= 15 is 0 Å². The molecule has 0 radical (unpaired) electrons. The number of furan rings is 1. The lowest BCUT2D eigenvalue weighted by Crippen LogP contribution is -2.30. The van der Waals surface area contributed by atoms with Crippen LogP contribution >= 0.6 is 0 Å². The largest absolute Gasteiger partial charge is 0.493 e. The predicted molar refractivity (Wildman–Crippen MR) is 121 cm³/mol. The molecule has 2 aromatic carbocycles. The summed E-state index contributed by atoms with van der Waals surface area (Å²) in [5.74, 6) is 1.84. The van der Waals surface area contributed by atoms with E-state index in [0.717, 1.165) is 11.3 Å². The van der Waals surface area contributed by atoms with Crippen molar-refractivity contribution in [3.63, 3.8) is 0 Å². The number of carbonyl (C=O) groups is 1. The van der Waals surface area contributed by atoms with Crippen LogP contribution in [0.15, 0.2) is 77.4 Å². The zero-order valence-electron chi connectivity index (χ0n) is 18.3. The van der Waals surface area contributed by atoms with Gasteiger partial charge in [0.25, 0.3) is 5.91 Å². The van der Waals surface area contributed by atoms with Crippen LogP contribution in [0, 0.1) is 0 Å². The van der Waals surface area contributed by atoms with Crippen LogP contribution in [0.3, 0.4) is 0 Å². The number of benzene rings is 2. The number of nitrogens with zero attached hydrogens (tertiary/aromatic N) is 3. The quantitative estimate of drug-likeness (QED) is 0.412. The van der Waals surface area contributed by atoms with Gasteiger partial charge in [-0.1, -0.05) is 24.3 Å². The van der Waals surface area contributed by atoms with Gasteiger partial charge in [-0.3, -0.25) is 4.79 Å². The van der Waals surface area contributed by atoms with Crippen LogP contribution < -0.4 is 9.47 Å². The van der Waals surface area contributed by atoms with Crippen LogP contribution in [0.25, 0.3) is 17.1 Å². The first-order chi connectivity index (χ1) is 15.6. The summed E-state index contributed by atoms with van der Waals surface area (Å²) in [6.07, 6.45) is 2.26. The summed E-state index contributed by atoms with van der Waals surface area (Å²) in [5.41, 5.74) is 2.94. The minimum atomic E-state index is -0.125. The van der Waals surface area contributed by atoms with Gasteiger partial charge in [0.1, 0.15) is 11.4 Å². The standard InChI is InChI=1S/C25H25N3O4/c1-27(14-13-18-11-12-23(30-2)24(16-18)31-3)25(29)21-17-20(22-10-7-15-32-22)26-28(21)19-8-5-4-6-9-19/h4-12,15-17H,13-14H2,1-3H3. The Bertz CT molecular complexity index is 1180. The van der Waals surface area contributed by atoms with Gasteiger partial charge in [0.05, 0.1) is 26.2 Å². The molecule has 0 aliphatic heterocycles. The summed E-state index contributed by atoms with van der Waals surface area (Å²) in [5, 5.41) is 4.63. The lowest BCUT2D eigenvalue weighted by atomic mass is 10.1. The van der Waals surface area contributed by atoms with Crippen LogP contribution in [0.4, 0.5) is 0 Å². The van der Waals surface area contributed by atoms with Crippen molar-refractivity contribution >= 4 is 5.91 Å². The topological polar surface area (TPSA) is 69.7 Å². The Morgan fingerprint density at radius 1 is 1.00 bits per heavy atom. The number of amides is 1. The molecule has 0 saturated heterocycles. The summed E-state index contributed by atoms with van der Waals surface area (Å²) in [7, 11) is 5.01. The number of rotatable bonds is 8. The van der Waals surface area contributed by atoms with Crippen LogP contribution in [0.1, 0.15) is 16.1 Å². The van der Waals surface area contributed by atoms with Gasteiger partial charge < -0.3 is 18.8 Å². The molecule has 2 heterocycles. The molecule has 164 valence electrons. The molecule has 32 heavy (non-hydrogen) atoms. The minimum Gasteiger partial charge on any atom is -0.493 e.